The summed E-state index contributed by atoms with van der Waals surface area (Å²) in [6, 6.07) is 19.7. The lowest BCUT2D eigenvalue weighted by atomic mass is 9.99. The largest absolute Gasteiger partial charge is 0.479 e. The Morgan fingerprint density at radius 1 is 0.644 bits per heavy atom. The standard InChI is InChI=1S/2C10H6F3N3O2.C8H11P/c2*11-10(12,13)9(8(17)18)5-7(15-16-9)6-3-1-2-4-14-6;1-9(2)8-6-4-3-5-7-8/h2*1-5H,(H,17,18);3-7H,1-2H3. The molecule has 2 aliphatic rings. The quantitative estimate of drug-likeness (QED) is 0.234. The zero-order chi connectivity index (χ0) is 33.5. The molecule has 45 heavy (non-hydrogen) atoms. The van der Waals surface area contributed by atoms with E-state index in [2.05, 4.69) is 74.1 Å². The molecule has 0 bridgehead atoms. The molecule has 0 amide bonds. The second-order valence-electron chi connectivity index (χ2n) is 9.26. The second kappa shape index (κ2) is 13.8. The van der Waals surface area contributed by atoms with Crippen molar-refractivity contribution in [2.24, 2.45) is 20.5 Å². The van der Waals surface area contributed by atoms with E-state index in [9.17, 15) is 35.9 Å². The smallest absolute Gasteiger partial charge is 0.430 e. The van der Waals surface area contributed by atoms with Crippen molar-refractivity contribution in [1.29, 1.82) is 0 Å². The van der Waals surface area contributed by atoms with E-state index in [-0.39, 0.29) is 30.7 Å². The van der Waals surface area contributed by atoms with Crippen molar-refractivity contribution in [2.45, 2.75) is 23.4 Å². The van der Waals surface area contributed by atoms with Gasteiger partial charge in [0.15, 0.2) is 0 Å². The summed E-state index contributed by atoms with van der Waals surface area (Å²) in [6.07, 6.45) is -6.48. The highest BCUT2D eigenvalue weighted by atomic mass is 31.1. The van der Waals surface area contributed by atoms with Crippen LogP contribution < -0.4 is 5.30 Å². The number of hydrogen-bond donors (Lipinski definition) is 2. The van der Waals surface area contributed by atoms with Gasteiger partial charge in [-0.2, -0.15) is 46.8 Å². The number of rotatable bonds is 5. The number of azo groups is 2. The highest BCUT2D eigenvalue weighted by Crippen LogP contribution is 2.43. The molecule has 5 rings (SSSR count). The monoisotopic (exact) mass is 652 g/mol. The van der Waals surface area contributed by atoms with Gasteiger partial charge in [-0.3, -0.25) is 9.97 Å². The van der Waals surface area contributed by atoms with E-state index in [0.717, 1.165) is 0 Å². The second-order valence-corrected chi connectivity index (χ2v) is 11.6. The summed E-state index contributed by atoms with van der Waals surface area (Å²) in [6.45, 7) is 4.54. The molecule has 2 aliphatic heterocycles. The van der Waals surface area contributed by atoms with E-state index in [4.69, 9.17) is 10.2 Å². The molecule has 0 fully saturated rings. The van der Waals surface area contributed by atoms with Crippen LogP contribution in [0.25, 0.3) is 11.4 Å². The summed E-state index contributed by atoms with van der Waals surface area (Å²) in [5.41, 5.74) is -6.80. The predicted octanol–water partition coefficient (Wildman–Crippen LogP) is 6.60. The SMILES string of the molecule is CP(C)c1ccccc1.O=C(O)C1(C(F)(F)F)C=C(c2ccccn2)N=N1.O=C(O)C1(C(F)(F)F)C=C(c2ccccn2)N=N1. The van der Waals surface area contributed by atoms with Gasteiger partial charge < -0.3 is 10.2 Å². The molecule has 2 unspecified atom stereocenters. The fraction of sp³-hybridized carbons (Fsp3) is 0.214. The van der Waals surface area contributed by atoms with Crippen molar-refractivity contribution in [1.82, 2.24) is 9.97 Å². The number of pyridine rings is 2. The minimum atomic E-state index is -5.06. The van der Waals surface area contributed by atoms with Crippen LogP contribution in [0.2, 0.25) is 0 Å². The summed E-state index contributed by atoms with van der Waals surface area (Å²) in [5.74, 6) is -4.24. The van der Waals surface area contributed by atoms with Gasteiger partial charge in [0.2, 0.25) is 0 Å². The zero-order valence-corrected chi connectivity index (χ0v) is 24.2. The van der Waals surface area contributed by atoms with E-state index < -0.39 is 35.4 Å². The molecule has 0 spiro atoms. The van der Waals surface area contributed by atoms with E-state index in [1.165, 1.54) is 29.8 Å². The highest BCUT2D eigenvalue weighted by Gasteiger charge is 2.63. The van der Waals surface area contributed by atoms with Crippen molar-refractivity contribution in [2.75, 3.05) is 13.3 Å². The van der Waals surface area contributed by atoms with Gasteiger partial charge in [-0.25, -0.2) is 9.59 Å². The summed E-state index contributed by atoms with van der Waals surface area (Å²) < 4.78 is 76.5. The number of carbonyl (C=O) groups is 2. The molecule has 3 aromatic rings. The zero-order valence-electron chi connectivity index (χ0n) is 23.3. The molecule has 10 nitrogen and oxygen atoms in total. The number of aliphatic carboxylic acids is 2. The molecule has 2 N–H and O–H groups in total. The number of hydrogen-bond acceptors (Lipinski definition) is 8. The summed E-state index contributed by atoms with van der Waals surface area (Å²) in [4.78, 5) is 29.2. The summed E-state index contributed by atoms with van der Waals surface area (Å²) in [7, 11) is 0.104. The maximum atomic E-state index is 12.8. The van der Waals surface area contributed by atoms with Crippen LogP contribution in [-0.4, -0.2) is 68.9 Å². The molecular formula is C28H23F6N6O4P. The molecule has 236 valence electrons. The van der Waals surface area contributed by atoms with Gasteiger partial charge in [0.25, 0.3) is 11.1 Å². The van der Waals surface area contributed by atoms with Crippen LogP contribution in [0.3, 0.4) is 0 Å². The third kappa shape index (κ3) is 7.81. The summed E-state index contributed by atoms with van der Waals surface area (Å²) in [5, 5.41) is 31.2. The Hall–Kier alpha value is -4.85. The Balaban J connectivity index is 0.000000195. The third-order valence-corrected chi connectivity index (χ3v) is 7.30. The Bertz CT molecular complexity index is 1520. The van der Waals surface area contributed by atoms with Crippen molar-refractivity contribution in [3.05, 3.63) is 103 Å². The number of aromatic nitrogens is 2. The van der Waals surface area contributed by atoms with E-state index >= 15 is 0 Å². The molecule has 0 saturated heterocycles. The van der Waals surface area contributed by atoms with Crippen LogP contribution in [0.4, 0.5) is 26.3 Å². The topological polar surface area (TPSA) is 150 Å². The molecule has 0 radical (unpaired) electrons. The number of carboxylic acids is 2. The van der Waals surface area contributed by atoms with Crippen LogP contribution in [0.5, 0.6) is 0 Å². The molecule has 2 aromatic heterocycles. The summed E-state index contributed by atoms with van der Waals surface area (Å²) >= 11 is 0. The maximum absolute atomic E-state index is 12.8. The number of carboxylic acid groups (broad SMARTS) is 2. The minimum Gasteiger partial charge on any atom is -0.479 e. The Morgan fingerprint density at radius 3 is 1.27 bits per heavy atom. The minimum absolute atomic E-state index is 0.104. The first-order valence-electron chi connectivity index (χ1n) is 12.5. The van der Waals surface area contributed by atoms with Gasteiger partial charge in [-0.15, -0.1) is 0 Å². The molecule has 1 aromatic carbocycles. The lowest BCUT2D eigenvalue weighted by Gasteiger charge is -2.20. The first kappa shape index (κ1) is 34.6. The number of halogens is 6. The van der Waals surface area contributed by atoms with E-state index in [0.29, 0.717) is 12.2 Å². The first-order valence-corrected chi connectivity index (χ1v) is 14.7. The van der Waals surface area contributed by atoms with Gasteiger partial charge in [-0.1, -0.05) is 50.4 Å². The van der Waals surface area contributed by atoms with Gasteiger partial charge in [-0.05, 0) is 55.1 Å². The van der Waals surface area contributed by atoms with Gasteiger partial charge >= 0.3 is 24.3 Å². The molecular weight excluding hydrogens is 629 g/mol. The van der Waals surface area contributed by atoms with Crippen LogP contribution in [-0.2, 0) is 9.59 Å². The molecule has 2 atom stereocenters. The van der Waals surface area contributed by atoms with Gasteiger partial charge in [0, 0.05) is 12.4 Å². The average molecular weight is 652 g/mol. The van der Waals surface area contributed by atoms with E-state index in [1.54, 1.807) is 24.3 Å². The fourth-order valence-corrected chi connectivity index (χ4v) is 4.28. The van der Waals surface area contributed by atoms with Crippen molar-refractivity contribution in [3.63, 3.8) is 0 Å². The lowest BCUT2D eigenvalue weighted by molar-refractivity contribution is -0.192. The van der Waals surface area contributed by atoms with Crippen LogP contribution in [0, 0.1) is 0 Å². The predicted molar refractivity (Wildman–Crippen MR) is 152 cm³/mol. The first-order chi connectivity index (χ1) is 21.0. The van der Waals surface area contributed by atoms with Crippen LogP contribution in [0.15, 0.2) is 112 Å². The molecule has 0 saturated carbocycles. The normalized spacial score (nSPS) is 20.4. The van der Waals surface area contributed by atoms with Gasteiger partial charge in [0.05, 0.1) is 11.4 Å². The number of alkyl halides is 6. The highest BCUT2D eigenvalue weighted by molar-refractivity contribution is 7.64. The third-order valence-electron chi connectivity index (χ3n) is 5.97. The Kier molecular flexibility index (Phi) is 10.7. The fourth-order valence-electron chi connectivity index (χ4n) is 3.51. The van der Waals surface area contributed by atoms with Crippen molar-refractivity contribution in [3.8, 4) is 0 Å². The lowest BCUT2D eigenvalue weighted by Crippen LogP contribution is -2.47. The number of nitrogens with zero attached hydrogens (tertiary/aromatic N) is 6. The maximum Gasteiger partial charge on any atom is 0.430 e. The molecule has 4 heterocycles. The Morgan fingerprint density at radius 2 is 1.02 bits per heavy atom. The van der Waals surface area contributed by atoms with Crippen LogP contribution in [0.1, 0.15) is 11.4 Å². The molecule has 17 heteroatoms. The van der Waals surface area contributed by atoms with Crippen LogP contribution >= 0.6 is 7.92 Å². The number of benzene rings is 1. The van der Waals surface area contributed by atoms with Gasteiger partial charge in [0.1, 0.15) is 11.4 Å². The average Bonchev–Trinajstić information content (AvgIpc) is 3.67. The van der Waals surface area contributed by atoms with Crippen molar-refractivity contribution >= 4 is 36.6 Å². The van der Waals surface area contributed by atoms with Crippen molar-refractivity contribution < 1.29 is 46.1 Å². The Labute approximate surface area is 252 Å². The van der Waals surface area contributed by atoms with E-state index in [1.807, 2.05) is 0 Å². The molecule has 0 aliphatic carbocycles.